The Hall–Kier alpha value is -2.06. The summed E-state index contributed by atoms with van der Waals surface area (Å²) in [6.45, 7) is 0. The molecule has 0 saturated heterocycles. The summed E-state index contributed by atoms with van der Waals surface area (Å²) in [5.74, 6) is -1.15. The Morgan fingerprint density at radius 1 is 1.45 bits per heavy atom. The van der Waals surface area contributed by atoms with Crippen LogP contribution in [0.2, 0.25) is 5.15 Å². The summed E-state index contributed by atoms with van der Waals surface area (Å²) in [6, 6.07) is 5.42. The number of halogens is 1. The Morgan fingerprint density at radius 3 is 2.70 bits per heavy atom. The van der Waals surface area contributed by atoms with E-state index in [0.29, 0.717) is 0 Å². The molecule has 0 amide bonds. The normalized spacial score (nSPS) is 11.3. The van der Waals surface area contributed by atoms with Crippen molar-refractivity contribution in [2.45, 2.75) is 5.03 Å². The summed E-state index contributed by atoms with van der Waals surface area (Å²) in [5.41, 5.74) is 0.0870. The molecule has 0 spiro atoms. The SMILES string of the molecule is Cn1cnc(S(=O)(=O)Nc2cccc(C(=O)O)c2)c1Cl. The van der Waals surface area contributed by atoms with Crippen molar-refractivity contribution in [1.29, 1.82) is 0 Å². The molecule has 0 aliphatic rings. The van der Waals surface area contributed by atoms with E-state index in [2.05, 4.69) is 9.71 Å². The van der Waals surface area contributed by atoms with Crippen molar-refractivity contribution in [2.24, 2.45) is 7.05 Å². The van der Waals surface area contributed by atoms with Gasteiger partial charge in [-0.05, 0) is 18.2 Å². The van der Waals surface area contributed by atoms with Crippen molar-refractivity contribution >= 4 is 33.3 Å². The molecule has 106 valence electrons. The fraction of sp³-hybridized carbons (Fsp3) is 0.0909. The first-order chi connectivity index (χ1) is 9.31. The van der Waals surface area contributed by atoms with Crippen LogP contribution in [0.1, 0.15) is 10.4 Å². The van der Waals surface area contributed by atoms with Gasteiger partial charge in [0, 0.05) is 12.7 Å². The van der Waals surface area contributed by atoms with E-state index >= 15 is 0 Å². The van der Waals surface area contributed by atoms with Crippen LogP contribution in [0.4, 0.5) is 5.69 Å². The van der Waals surface area contributed by atoms with Gasteiger partial charge in [-0.15, -0.1) is 0 Å². The van der Waals surface area contributed by atoms with Crippen LogP contribution in [0.3, 0.4) is 0 Å². The standard InChI is InChI=1S/C11H10ClN3O4S/c1-15-6-13-10(9(15)12)20(18,19)14-8-4-2-3-7(5-8)11(16)17/h2-6,14H,1H3,(H,16,17). The number of aryl methyl sites for hydroxylation is 1. The second-order valence-electron chi connectivity index (χ2n) is 3.94. The first-order valence-electron chi connectivity index (χ1n) is 5.34. The van der Waals surface area contributed by atoms with E-state index in [1.165, 1.54) is 35.2 Å². The molecule has 0 bridgehead atoms. The van der Waals surface area contributed by atoms with Gasteiger partial charge < -0.3 is 9.67 Å². The lowest BCUT2D eigenvalue weighted by Crippen LogP contribution is -2.14. The van der Waals surface area contributed by atoms with Crippen LogP contribution < -0.4 is 4.72 Å². The summed E-state index contributed by atoms with van der Waals surface area (Å²) in [6.07, 6.45) is 1.27. The van der Waals surface area contributed by atoms with Gasteiger partial charge in [0.2, 0.25) is 5.03 Å². The number of carboxylic acid groups (broad SMARTS) is 1. The first-order valence-corrected chi connectivity index (χ1v) is 7.20. The maximum absolute atomic E-state index is 12.1. The molecule has 2 aromatic rings. The minimum atomic E-state index is -3.97. The number of carbonyl (C=O) groups is 1. The van der Waals surface area contributed by atoms with Crippen LogP contribution in [0.15, 0.2) is 35.6 Å². The van der Waals surface area contributed by atoms with Crippen molar-refractivity contribution in [2.75, 3.05) is 4.72 Å². The molecule has 0 saturated carbocycles. The molecular formula is C11H10ClN3O4S. The van der Waals surface area contributed by atoms with Gasteiger partial charge >= 0.3 is 5.97 Å². The molecule has 0 aliphatic heterocycles. The van der Waals surface area contributed by atoms with E-state index in [0.717, 1.165) is 0 Å². The van der Waals surface area contributed by atoms with E-state index in [1.807, 2.05) is 0 Å². The predicted octanol–water partition coefficient (Wildman–Crippen LogP) is 1.57. The fourth-order valence-electron chi connectivity index (χ4n) is 1.49. The van der Waals surface area contributed by atoms with Gasteiger partial charge in [-0.1, -0.05) is 17.7 Å². The number of nitrogens with one attached hydrogen (secondary N) is 1. The van der Waals surface area contributed by atoms with Crippen molar-refractivity contribution in [3.8, 4) is 0 Å². The van der Waals surface area contributed by atoms with Crippen LogP contribution in [0.5, 0.6) is 0 Å². The third kappa shape index (κ3) is 2.75. The number of sulfonamides is 1. The maximum Gasteiger partial charge on any atom is 0.335 e. The number of hydrogen-bond acceptors (Lipinski definition) is 4. The molecule has 0 radical (unpaired) electrons. The van der Waals surface area contributed by atoms with Gasteiger partial charge in [-0.3, -0.25) is 4.72 Å². The first kappa shape index (κ1) is 14.4. The Bertz CT molecular complexity index is 770. The zero-order chi connectivity index (χ0) is 14.9. The Morgan fingerprint density at radius 2 is 2.15 bits per heavy atom. The number of nitrogens with zero attached hydrogens (tertiary/aromatic N) is 2. The average Bonchev–Trinajstić information content (AvgIpc) is 2.70. The van der Waals surface area contributed by atoms with Crippen LogP contribution in [0, 0.1) is 0 Å². The third-order valence-corrected chi connectivity index (χ3v) is 4.32. The number of carboxylic acids is 1. The number of imidazole rings is 1. The molecule has 20 heavy (non-hydrogen) atoms. The highest BCUT2D eigenvalue weighted by Crippen LogP contribution is 2.22. The van der Waals surface area contributed by atoms with E-state index in [1.54, 1.807) is 7.05 Å². The second kappa shape index (κ2) is 5.14. The zero-order valence-corrected chi connectivity index (χ0v) is 11.8. The molecule has 7 nitrogen and oxygen atoms in total. The topological polar surface area (TPSA) is 101 Å². The van der Waals surface area contributed by atoms with E-state index in [4.69, 9.17) is 16.7 Å². The van der Waals surface area contributed by atoms with Gasteiger partial charge in [0.1, 0.15) is 5.15 Å². The van der Waals surface area contributed by atoms with Crippen LogP contribution in [-0.4, -0.2) is 29.0 Å². The summed E-state index contributed by atoms with van der Waals surface area (Å²) in [4.78, 5) is 14.5. The molecule has 1 aromatic heterocycles. The molecule has 0 aliphatic carbocycles. The number of aromatic nitrogens is 2. The lowest BCUT2D eigenvalue weighted by Gasteiger charge is -2.07. The largest absolute Gasteiger partial charge is 0.478 e. The fourth-order valence-corrected chi connectivity index (χ4v) is 2.98. The molecule has 0 unspecified atom stereocenters. The lowest BCUT2D eigenvalue weighted by atomic mass is 10.2. The van der Waals surface area contributed by atoms with Crippen molar-refractivity contribution in [3.05, 3.63) is 41.3 Å². The number of benzene rings is 1. The Balaban J connectivity index is 2.36. The molecule has 1 heterocycles. The monoisotopic (exact) mass is 315 g/mol. The van der Waals surface area contributed by atoms with E-state index in [9.17, 15) is 13.2 Å². The minimum Gasteiger partial charge on any atom is -0.478 e. The zero-order valence-electron chi connectivity index (χ0n) is 10.2. The van der Waals surface area contributed by atoms with E-state index < -0.39 is 16.0 Å². The average molecular weight is 316 g/mol. The predicted molar refractivity (Wildman–Crippen MR) is 72.4 cm³/mol. The second-order valence-corrected chi connectivity index (χ2v) is 5.90. The number of hydrogen-bond donors (Lipinski definition) is 2. The third-order valence-electron chi connectivity index (χ3n) is 2.45. The smallest absolute Gasteiger partial charge is 0.335 e. The highest BCUT2D eigenvalue weighted by Gasteiger charge is 2.22. The number of rotatable bonds is 4. The number of anilines is 1. The number of aromatic carboxylic acids is 1. The molecular weight excluding hydrogens is 306 g/mol. The van der Waals surface area contributed by atoms with Gasteiger partial charge in [-0.25, -0.2) is 9.78 Å². The van der Waals surface area contributed by atoms with Crippen LogP contribution >= 0.6 is 11.6 Å². The Kier molecular flexibility index (Phi) is 3.69. The summed E-state index contributed by atoms with van der Waals surface area (Å²) in [5, 5.41) is 8.51. The van der Waals surface area contributed by atoms with Crippen molar-refractivity contribution in [1.82, 2.24) is 9.55 Å². The lowest BCUT2D eigenvalue weighted by molar-refractivity contribution is 0.0697. The maximum atomic E-state index is 12.1. The van der Waals surface area contributed by atoms with Gasteiger partial charge in [0.05, 0.1) is 11.9 Å². The minimum absolute atomic E-state index is 0.0303. The Labute approximate surface area is 119 Å². The summed E-state index contributed by atoms with van der Waals surface area (Å²) in [7, 11) is -2.42. The van der Waals surface area contributed by atoms with Crippen molar-refractivity contribution < 1.29 is 18.3 Å². The quantitative estimate of drug-likeness (QED) is 0.891. The molecule has 2 N–H and O–H groups in total. The summed E-state index contributed by atoms with van der Waals surface area (Å²) < 4.78 is 27.8. The molecule has 0 atom stereocenters. The van der Waals surface area contributed by atoms with E-state index in [-0.39, 0.29) is 21.4 Å². The highest BCUT2D eigenvalue weighted by atomic mass is 35.5. The molecule has 2 rings (SSSR count). The van der Waals surface area contributed by atoms with Crippen LogP contribution in [-0.2, 0) is 17.1 Å². The van der Waals surface area contributed by atoms with Gasteiger partial charge in [-0.2, -0.15) is 8.42 Å². The van der Waals surface area contributed by atoms with Gasteiger partial charge in [0.25, 0.3) is 10.0 Å². The molecule has 1 aromatic carbocycles. The van der Waals surface area contributed by atoms with Crippen molar-refractivity contribution in [3.63, 3.8) is 0 Å². The van der Waals surface area contributed by atoms with Gasteiger partial charge in [0.15, 0.2) is 0 Å². The summed E-state index contributed by atoms with van der Waals surface area (Å²) >= 11 is 5.83. The molecule has 0 fully saturated rings. The highest BCUT2D eigenvalue weighted by molar-refractivity contribution is 7.92. The molecule has 9 heteroatoms. The van der Waals surface area contributed by atoms with Crippen LogP contribution in [0.25, 0.3) is 0 Å².